The maximum atomic E-state index is 4.69. The van der Waals surface area contributed by atoms with Crippen molar-refractivity contribution in [3.63, 3.8) is 0 Å². The van der Waals surface area contributed by atoms with E-state index in [0.717, 1.165) is 22.4 Å². The molecule has 0 saturated heterocycles. The lowest BCUT2D eigenvalue weighted by atomic mass is 10.2. The minimum Gasteiger partial charge on any atom is -0.361 e. The molecule has 0 aliphatic rings. The number of isothiocyanates is 1. The molecule has 0 atom stereocenters. The highest BCUT2D eigenvalue weighted by Crippen LogP contribution is 2.28. The highest BCUT2D eigenvalue weighted by Gasteiger charge is 2.07. The van der Waals surface area contributed by atoms with Crippen molar-refractivity contribution >= 4 is 44.9 Å². The molecule has 0 aliphatic heterocycles. The highest BCUT2D eigenvalue weighted by molar-refractivity contribution is 7.78. The molecular formula is C17H11N3S. The first-order valence-electron chi connectivity index (χ1n) is 6.62. The van der Waals surface area contributed by atoms with Crippen LogP contribution in [-0.4, -0.2) is 14.7 Å². The second-order valence-corrected chi connectivity index (χ2v) is 5.03. The van der Waals surface area contributed by atoms with Gasteiger partial charge in [0.05, 0.1) is 22.1 Å². The molecule has 21 heavy (non-hydrogen) atoms. The summed E-state index contributed by atoms with van der Waals surface area (Å²) in [5, 5.41) is 4.79. The first-order chi connectivity index (χ1) is 10.4. The van der Waals surface area contributed by atoms with Crippen LogP contribution in [0.1, 0.15) is 0 Å². The van der Waals surface area contributed by atoms with Gasteiger partial charge in [0.15, 0.2) is 0 Å². The molecule has 0 fully saturated rings. The first-order valence-corrected chi connectivity index (χ1v) is 7.03. The molecule has 3 nitrogen and oxygen atoms in total. The van der Waals surface area contributed by atoms with Crippen molar-refractivity contribution in [2.24, 2.45) is 4.99 Å². The van der Waals surface area contributed by atoms with Crippen LogP contribution in [0.5, 0.6) is 0 Å². The Hall–Kier alpha value is -2.68. The minimum absolute atomic E-state index is 0.818. The number of nitrogens with one attached hydrogen (secondary N) is 1. The van der Waals surface area contributed by atoms with E-state index in [2.05, 4.69) is 74.5 Å². The Labute approximate surface area is 126 Å². The van der Waals surface area contributed by atoms with E-state index < -0.39 is 0 Å². The molecule has 4 aromatic rings. The Morgan fingerprint density at radius 3 is 2.95 bits per heavy atom. The topological polar surface area (TPSA) is 33.1 Å². The number of rotatable bonds is 2. The molecule has 0 saturated carbocycles. The molecule has 0 amide bonds. The Morgan fingerprint density at radius 2 is 2.05 bits per heavy atom. The second-order valence-electron chi connectivity index (χ2n) is 4.85. The molecule has 2 aromatic carbocycles. The van der Waals surface area contributed by atoms with E-state index in [-0.39, 0.29) is 0 Å². The summed E-state index contributed by atoms with van der Waals surface area (Å²) in [6.07, 6.45) is 4.04. The van der Waals surface area contributed by atoms with Crippen molar-refractivity contribution in [2.45, 2.75) is 0 Å². The van der Waals surface area contributed by atoms with Gasteiger partial charge in [0, 0.05) is 28.7 Å². The zero-order valence-electron chi connectivity index (χ0n) is 11.1. The van der Waals surface area contributed by atoms with E-state index in [1.54, 1.807) is 0 Å². The third kappa shape index (κ3) is 1.89. The van der Waals surface area contributed by atoms with E-state index in [9.17, 15) is 0 Å². The van der Waals surface area contributed by atoms with Crippen LogP contribution in [-0.2, 0) is 0 Å². The normalized spacial score (nSPS) is 10.9. The summed E-state index contributed by atoms with van der Waals surface area (Å²) in [5.74, 6) is 0. The molecule has 2 heterocycles. The average molecular weight is 289 g/mol. The van der Waals surface area contributed by atoms with Crippen molar-refractivity contribution in [2.75, 3.05) is 0 Å². The van der Waals surface area contributed by atoms with Crippen LogP contribution < -0.4 is 0 Å². The smallest absolute Gasteiger partial charge is 0.0760 e. The average Bonchev–Trinajstić information content (AvgIpc) is 3.13. The van der Waals surface area contributed by atoms with Gasteiger partial charge in [0.2, 0.25) is 0 Å². The number of aliphatic imine (C=N–C) groups is 1. The fourth-order valence-electron chi connectivity index (χ4n) is 2.73. The number of fused-ring (bicyclic) bond motifs is 2. The maximum absolute atomic E-state index is 4.69. The molecule has 0 bridgehead atoms. The van der Waals surface area contributed by atoms with Crippen LogP contribution in [0.25, 0.3) is 27.5 Å². The number of hydrogen-bond donors (Lipinski definition) is 1. The molecule has 4 heteroatoms. The molecule has 4 rings (SSSR count). The van der Waals surface area contributed by atoms with Crippen LogP contribution in [0.2, 0.25) is 0 Å². The van der Waals surface area contributed by atoms with Gasteiger partial charge in [0.25, 0.3) is 0 Å². The minimum atomic E-state index is 0.818. The van der Waals surface area contributed by atoms with E-state index in [4.69, 9.17) is 0 Å². The monoisotopic (exact) mass is 289 g/mol. The standard InChI is InChI=1S/C17H11N3S/c21-11-19-13-5-4-12-7-9-20(17(12)10-13)16-3-1-2-15-14(16)6-8-18-15/h1-10,18H. The van der Waals surface area contributed by atoms with E-state index in [1.807, 2.05) is 18.3 Å². The number of benzene rings is 2. The van der Waals surface area contributed by atoms with Gasteiger partial charge < -0.3 is 9.55 Å². The van der Waals surface area contributed by atoms with Crippen LogP contribution in [0.4, 0.5) is 5.69 Å². The maximum Gasteiger partial charge on any atom is 0.0760 e. The predicted molar refractivity (Wildman–Crippen MR) is 89.8 cm³/mol. The van der Waals surface area contributed by atoms with Gasteiger partial charge in [-0.15, -0.1) is 0 Å². The van der Waals surface area contributed by atoms with Crippen LogP contribution in [0.15, 0.2) is 65.9 Å². The fourth-order valence-corrected chi connectivity index (χ4v) is 2.83. The molecule has 1 N–H and O–H groups in total. The Morgan fingerprint density at radius 1 is 1.10 bits per heavy atom. The lowest BCUT2D eigenvalue weighted by Gasteiger charge is -2.07. The number of hydrogen-bond acceptors (Lipinski definition) is 2. The van der Waals surface area contributed by atoms with Gasteiger partial charge in [-0.25, -0.2) is 0 Å². The molecule has 2 aromatic heterocycles. The van der Waals surface area contributed by atoms with Crippen LogP contribution in [0, 0.1) is 0 Å². The first kappa shape index (κ1) is 12.1. The van der Waals surface area contributed by atoms with Crippen molar-refractivity contribution < 1.29 is 0 Å². The Balaban J connectivity index is 2.03. The molecule has 0 unspecified atom stereocenters. The SMILES string of the molecule is S=C=Nc1ccc2ccn(-c3cccc4[nH]ccc34)c2c1. The summed E-state index contributed by atoms with van der Waals surface area (Å²) in [6, 6.07) is 16.5. The lowest BCUT2D eigenvalue weighted by molar-refractivity contribution is 1.14. The summed E-state index contributed by atoms with van der Waals surface area (Å²) in [4.78, 5) is 7.31. The zero-order valence-corrected chi connectivity index (χ0v) is 11.9. The van der Waals surface area contributed by atoms with Crippen molar-refractivity contribution in [1.82, 2.24) is 9.55 Å². The van der Waals surface area contributed by atoms with E-state index in [0.29, 0.717) is 0 Å². The van der Waals surface area contributed by atoms with Gasteiger partial charge >= 0.3 is 0 Å². The molecular weight excluding hydrogens is 278 g/mol. The molecule has 0 radical (unpaired) electrons. The highest BCUT2D eigenvalue weighted by atomic mass is 32.1. The summed E-state index contributed by atoms with van der Waals surface area (Å²) in [7, 11) is 0. The van der Waals surface area contributed by atoms with Gasteiger partial charge in [0.1, 0.15) is 0 Å². The van der Waals surface area contributed by atoms with Gasteiger partial charge in [-0.1, -0.05) is 12.1 Å². The number of aromatic amines is 1. The van der Waals surface area contributed by atoms with E-state index in [1.165, 1.54) is 10.8 Å². The fraction of sp³-hybridized carbons (Fsp3) is 0. The largest absolute Gasteiger partial charge is 0.361 e. The number of nitrogens with zero attached hydrogens (tertiary/aromatic N) is 2. The lowest BCUT2D eigenvalue weighted by Crippen LogP contribution is -1.92. The quantitative estimate of drug-likeness (QED) is 0.415. The van der Waals surface area contributed by atoms with Gasteiger partial charge in [-0.2, -0.15) is 4.99 Å². The molecule has 0 spiro atoms. The summed E-state index contributed by atoms with van der Waals surface area (Å²) >= 11 is 4.69. The van der Waals surface area contributed by atoms with Crippen LogP contribution >= 0.6 is 12.2 Å². The Bertz CT molecular complexity index is 1000. The summed E-state index contributed by atoms with van der Waals surface area (Å²) in [5.41, 5.74) is 4.20. The third-order valence-corrected chi connectivity index (χ3v) is 3.77. The zero-order chi connectivity index (χ0) is 14.2. The Kier molecular flexibility index (Phi) is 2.71. The molecule has 100 valence electrons. The second kappa shape index (κ2) is 4.70. The number of aromatic nitrogens is 2. The van der Waals surface area contributed by atoms with Gasteiger partial charge in [-0.3, -0.25) is 0 Å². The molecule has 0 aliphatic carbocycles. The van der Waals surface area contributed by atoms with Crippen molar-refractivity contribution in [3.05, 3.63) is 60.9 Å². The summed E-state index contributed by atoms with van der Waals surface area (Å²) < 4.78 is 2.17. The third-order valence-electron chi connectivity index (χ3n) is 3.68. The number of H-pyrrole nitrogens is 1. The van der Waals surface area contributed by atoms with Crippen molar-refractivity contribution in [1.29, 1.82) is 0 Å². The van der Waals surface area contributed by atoms with Crippen LogP contribution in [0.3, 0.4) is 0 Å². The number of thiocarbonyl (C=S) groups is 1. The van der Waals surface area contributed by atoms with E-state index >= 15 is 0 Å². The predicted octanol–water partition coefficient (Wildman–Crippen LogP) is 4.85. The van der Waals surface area contributed by atoms with Crippen molar-refractivity contribution in [3.8, 4) is 5.69 Å². The van der Waals surface area contributed by atoms with Gasteiger partial charge in [-0.05, 0) is 48.6 Å². The summed E-state index contributed by atoms with van der Waals surface area (Å²) in [6.45, 7) is 0.